The number of ether oxygens (including phenoxy) is 4. The summed E-state index contributed by atoms with van der Waals surface area (Å²) in [5.41, 5.74) is 1.30. The first-order valence-corrected chi connectivity index (χ1v) is 12.9. The average Bonchev–Trinajstić information content (AvgIpc) is 2.87. The minimum absolute atomic E-state index is 0.0294. The number of benzene rings is 3. The van der Waals surface area contributed by atoms with Gasteiger partial charge in [0.05, 0.1) is 39.0 Å². The number of sulfonamides is 1. The molecule has 0 spiro atoms. The average molecular weight is 530 g/mol. The number of halogens is 1. The van der Waals surface area contributed by atoms with Gasteiger partial charge in [0, 0.05) is 5.56 Å². The van der Waals surface area contributed by atoms with E-state index in [1.165, 1.54) is 40.6 Å². The van der Waals surface area contributed by atoms with Crippen molar-refractivity contribution in [3.63, 3.8) is 0 Å². The quantitative estimate of drug-likeness (QED) is 0.336. The van der Waals surface area contributed by atoms with Gasteiger partial charge in [-0.05, 0) is 52.9 Å². The van der Waals surface area contributed by atoms with Crippen molar-refractivity contribution in [2.24, 2.45) is 0 Å². The molecule has 0 aliphatic rings. The molecule has 0 unspecified atom stereocenters. The first-order valence-electron chi connectivity index (χ1n) is 11.4. The summed E-state index contributed by atoms with van der Waals surface area (Å²) in [6.07, 6.45) is 3.27. The molecule has 0 bridgehead atoms. The van der Waals surface area contributed by atoms with Gasteiger partial charge in [0.15, 0.2) is 23.1 Å². The van der Waals surface area contributed by atoms with Crippen molar-refractivity contribution < 1.29 is 31.8 Å². The second-order valence-electron chi connectivity index (χ2n) is 9.22. The molecule has 0 aromatic heterocycles. The highest BCUT2D eigenvalue weighted by atomic mass is 32.2. The van der Waals surface area contributed by atoms with Crippen molar-refractivity contribution in [2.75, 3.05) is 33.2 Å². The molecule has 0 saturated carbocycles. The monoisotopic (exact) mass is 529 g/mol. The van der Waals surface area contributed by atoms with Gasteiger partial charge in [-0.15, -0.1) is 0 Å². The molecule has 3 aromatic rings. The minimum atomic E-state index is -4.12. The third-order valence-corrected chi connectivity index (χ3v) is 7.10. The van der Waals surface area contributed by atoms with Crippen molar-refractivity contribution in [1.82, 2.24) is 0 Å². The van der Waals surface area contributed by atoms with Crippen molar-refractivity contribution in [1.29, 1.82) is 0 Å². The van der Waals surface area contributed by atoms with Crippen LogP contribution in [0.1, 0.15) is 37.5 Å². The molecule has 0 saturated heterocycles. The lowest BCUT2D eigenvalue weighted by atomic mass is 9.87. The van der Waals surface area contributed by atoms with E-state index in [1.807, 2.05) is 26.8 Å². The molecule has 0 fully saturated rings. The van der Waals surface area contributed by atoms with Crippen LogP contribution in [0.25, 0.3) is 12.2 Å². The molecule has 3 rings (SSSR count). The molecule has 0 aliphatic carbocycles. The molecule has 198 valence electrons. The molecule has 0 aliphatic heterocycles. The number of hydrogen-bond acceptors (Lipinski definition) is 6. The Hall–Kier alpha value is -3.72. The van der Waals surface area contributed by atoms with Crippen LogP contribution >= 0.6 is 0 Å². The first kappa shape index (κ1) is 27.9. The third kappa shape index (κ3) is 6.17. The summed E-state index contributed by atoms with van der Waals surface area (Å²) in [6.45, 7) is 5.96. The van der Waals surface area contributed by atoms with Crippen LogP contribution in [0.15, 0.2) is 53.4 Å². The van der Waals surface area contributed by atoms with Crippen LogP contribution in [0, 0.1) is 5.82 Å². The van der Waals surface area contributed by atoms with Crippen molar-refractivity contribution in [3.05, 3.63) is 71.0 Å². The van der Waals surface area contributed by atoms with E-state index in [0.29, 0.717) is 28.4 Å². The molecule has 3 aromatic carbocycles. The fourth-order valence-electron chi connectivity index (χ4n) is 3.68. The van der Waals surface area contributed by atoms with Gasteiger partial charge in [-0.2, -0.15) is 0 Å². The Labute approximate surface area is 217 Å². The second kappa shape index (κ2) is 11.1. The van der Waals surface area contributed by atoms with E-state index in [2.05, 4.69) is 4.72 Å². The van der Waals surface area contributed by atoms with Gasteiger partial charge in [-0.1, -0.05) is 45.1 Å². The topological polar surface area (TPSA) is 83.1 Å². The van der Waals surface area contributed by atoms with Crippen LogP contribution in [-0.4, -0.2) is 36.9 Å². The zero-order valence-corrected chi connectivity index (χ0v) is 22.8. The first-order chi connectivity index (χ1) is 17.4. The van der Waals surface area contributed by atoms with E-state index in [9.17, 15) is 8.42 Å². The summed E-state index contributed by atoms with van der Waals surface area (Å²) in [5, 5.41) is 0. The Balaban J connectivity index is 2.07. The lowest BCUT2D eigenvalue weighted by Gasteiger charge is -2.20. The Morgan fingerprint density at radius 3 is 1.97 bits per heavy atom. The predicted molar refractivity (Wildman–Crippen MR) is 144 cm³/mol. The maximum Gasteiger partial charge on any atom is 0.262 e. The van der Waals surface area contributed by atoms with Gasteiger partial charge in [0.1, 0.15) is 0 Å². The maximum atomic E-state index is 15.4. The maximum absolute atomic E-state index is 15.4. The molecular weight excluding hydrogens is 497 g/mol. The minimum Gasteiger partial charge on any atom is -0.494 e. The van der Waals surface area contributed by atoms with Gasteiger partial charge in [-0.3, -0.25) is 4.72 Å². The summed E-state index contributed by atoms with van der Waals surface area (Å²) in [6, 6.07) is 13.0. The normalized spacial score (nSPS) is 11.9. The Kier molecular flexibility index (Phi) is 8.38. The van der Waals surface area contributed by atoms with Gasteiger partial charge >= 0.3 is 0 Å². The highest BCUT2D eigenvalue weighted by molar-refractivity contribution is 7.92. The summed E-state index contributed by atoms with van der Waals surface area (Å²) < 4.78 is 65.6. The summed E-state index contributed by atoms with van der Waals surface area (Å²) in [7, 11) is 1.71. The molecule has 9 heteroatoms. The van der Waals surface area contributed by atoms with Gasteiger partial charge in [-0.25, -0.2) is 12.8 Å². The summed E-state index contributed by atoms with van der Waals surface area (Å²) >= 11 is 0. The summed E-state index contributed by atoms with van der Waals surface area (Å²) in [4.78, 5) is 0.0294. The van der Waals surface area contributed by atoms with E-state index in [-0.39, 0.29) is 21.7 Å². The fourth-order valence-corrected chi connectivity index (χ4v) is 4.81. The molecule has 0 heterocycles. The Morgan fingerprint density at radius 2 is 1.43 bits per heavy atom. The third-order valence-electron chi connectivity index (χ3n) is 5.75. The van der Waals surface area contributed by atoms with E-state index in [0.717, 1.165) is 5.56 Å². The number of rotatable bonds is 9. The van der Waals surface area contributed by atoms with Crippen LogP contribution in [0.2, 0.25) is 0 Å². The van der Waals surface area contributed by atoms with Crippen LogP contribution in [0.3, 0.4) is 0 Å². The standard InChI is InChI=1S/C28H32FNO6S/c1-28(2,3)20-9-8-10-21(17-20)37(31,32)30-26-19(13-14-22(33-4)25(26)29)12-11-18-15-23(34-5)27(36-7)24(16-18)35-6/h8-17,30H,1-7H3/b12-11-. The van der Waals surface area contributed by atoms with Crippen LogP contribution in [0.4, 0.5) is 10.1 Å². The van der Waals surface area contributed by atoms with E-state index >= 15 is 4.39 Å². The summed E-state index contributed by atoms with van der Waals surface area (Å²) in [5.74, 6) is 0.406. The number of methoxy groups -OCH3 is 4. The van der Waals surface area contributed by atoms with Gasteiger partial charge in [0.25, 0.3) is 10.0 Å². The molecule has 7 nitrogen and oxygen atoms in total. The van der Waals surface area contributed by atoms with Crippen molar-refractivity contribution in [3.8, 4) is 23.0 Å². The largest absolute Gasteiger partial charge is 0.494 e. The smallest absolute Gasteiger partial charge is 0.262 e. The zero-order chi connectivity index (χ0) is 27.4. The molecular formula is C28H32FNO6S. The molecule has 0 atom stereocenters. The number of nitrogens with one attached hydrogen (secondary N) is 1. The zero-order valence-electron chi connectivity index (χ0n) is 22.0. The van der Waals surface area contributed by atoms with E-state index in [4.69, 9.17) is 18.9 Å². The van der Waals surface area contributed by atoms with Crippen LogP contribution < -0.4 is 23.7 Å². The lowest BCUT2D eigenvalue weighted by molar-refractivity contribution is 0.324. The number of anilines is 1. The van der Waals surface area contributed by atoms with Gasteiger partial charge < -0.3 is 18.9 Å². The van der Waals surface area contributed by atoms with Crippen LogP contribution in [0.5, 0.6) is 23.0 Å². The molecule has 0 amide bonds. The predicted octanol–water partition coefficient (Wildman–Crippen LogP) is 6.13. The SMILES string of the molecule is COc1ccc(/C=C\c2cc(OC)c(OC)c(OC)c2)c(NS(=O)(=O)c2cccc(C(C)(C)C)c2)c1F. The van der Waals surface area contributed by atoms with Crippen molar-refractivity contribution in [2.45, 2.75) is 31.1 Å². The molecule has 0 radical (unpaired) electrons. The number of hydrogen-bond donors (Lipinski definition) is 1. The van der Waals surface area contributed by atoms with E-state index < -0.39 is 15.8 Å². The highest BCUT2D eigenvalue weighted by Gasteiger charge is 2.23. The fraction of sp³-hybridized carbons (Fsp3) is 0.286. The Bertz CT molecular complexity index is 1390. The highest BCUT2D eigenvalue weighted by Crippen LogP contribution is 2.39. The second-order valence-corrected chi connectivity index (χ2v) is 10.9. The van der Waals surface area contributed by atoms with Crippen molar-refractivity contribution >= 4 is 27.9 Å². The van der Waals surface area contributed by atoms with Gasteiger partial charge in [0.2, 0.25) is 5.75 Å². The lowest BCUT2D eigenvalue weighted by Crippen LogP contribution is -2.17. The molecule has 37 heavy (non-hydrogen) atoms. The molecule has 1 N–H and O–H groups in total. The van der Waals surface area contributed by atoms with Crippen LogP contribution in [-0.2, 0) is 15.4 Å². The van der Waals surface area contributed by atoms with E-state index in [1.54, 1.807) is 42.5 Å². The Morgan fingerprint density at radius 1 is 0.811 bits per heavy atom.